The SMILES string of the molecule is CC(C)(C)NS(=O)(=O)c1ccc(OCc2ccccc2)cc1B1OC(C)(C)C(C)(C)O1. The Kier molecular flexibility index (Phi) is 6.33. The van der Waals surface area contributed by atoms with Crippen molar-refractivity contribution in [1.29, 1.82) is 0 Å². The summed E-state index contributed by atoms with van der Waals surface area (Å²) in [6.07, 6.45) is 0. The molecule has 8 heteroatoms. The fourth-order valence-corrected chi connectivity index (χ4v) is 4.84. The highest BCUT2D eigenvalue weighted by Crippen LogP contribution is 2.37. The highest BCUT2D eigenvalue weighted by atomic mass is 32.2. The average molecular weight is 445 g/mol. The molecule has 1 saturated heterocycles. The Hall–Kier alpha value is -1.87. The Morgan fingerprint density at radius 2 is 1.55 bits per heavy atom. The number of nitrogens with one attached hydrogen (secondary N) is 1. The van der Waals surface area contributed by atoms with Crippen molar-refractivity contribution in [1.82, 2.24) is 4.72 Å². The molecule has 1 fully saturated rings. The monoisotopic (exact) mass is 445 g/mol. The fraction of sp³-hybridized carbons (Fsp3) is 0.478. The number of benzene rings is 2. The number of ether oxygens (including phenoxy) is 1. The summed E-state index contributed by atoms with van der Waals surface area (Å²) in [6.45, 7) is 13.5. The third-order valence-corrected chi connectivity index (χ3v) is 7.30. The third kappa shape index (κ3) is 5.50. The summed E-state index contributed by atoms with van der Waals surface area (Å²) in [5, 5.41) is 0. The summed E-state index contributed by atoms with van der Waals surface area (Å²) in [6, 6.07) is 14.7. The lowest BCUT2D eigenvalue weighted by atomic mass is 9.79. The molecule has 0 aliphatic carbocycles. The Labute approximate surface area is 186 Å². The standard InChI is InChI=1S/C23H32BNO5S/c1-21(2,3)25-31(26,27)20-14-13-18(28-16-17-11-9-8-10-12-17)15-19(20)24-29-22(4,5)23(6,7)30-24/h8-15,25H,16H2,1-7H3. The van der Waals surface area contributed by atoms with Crippen LogP contribution in [0, 0.1) is 0 Å². The van der Waals surface area contributed by atoms with E-state index in [1.807, 2.05) is 58.0 Å². The zero-order valence-electron chi connectivity index (χ0n) is 19.4. The van der Waals surface area contributed by atoms with Gasteiger partial charge >= 0.3 is 7.12 Å². The Bertz CT molecular complexity index is 1010. The van der Waals surface area contributed by atoms with Crippen LogP contribution in [0.4, 0.5) is 0 Å². The third-order valence-electron chi connectivity index (χ3n) is 5.47. The van der Waals surface area contributed by atoms with Gasteiger partial charge in [-0.15, -0.1) is 0 Å². The van der Waals surface area contributed by atoms with Gasteiger partial charge in [-0.1, -0.05) is 30.3 Å². The van der Waals surface area contributed by atoms with E-state index in [1.165, 1.54) is 0 Å². The summed E-state index contributed by atoms with van der Waals surface area (Å²) < 4.78 is 47.3. The summed E-state index contributed by atoms with van der Waals surface area (Å²) in [7, 11) is -4.65. The number of sulfonamides is 1. The molecule has 1 heterocycles. The molecule has 6 nitrogen and oxygen atoms in total. The first kappa shape index (κ1) is 23.8. The summed E-state index contributed by atoms with van der Waals surface area (Å²) in [5.41, 5.74) is -0.394. The van der Waals surface area contributed by atoms with Gasteiger partial charge in [-0.25, -0.2) is 13.1 Å². The second-order valence-electron chi connectivity index (χ2n) is 9.92. The topological polar surface area (TPSA) is 73.9 Å². The zero-order valence-corrected chi connectivity index (χ0v) is 20.2. The van der Waals surface area contributed by atoms with Gasteiger partial charge in [0, 0.05) is 11.0 Å². The van der Waals surface area contributed by atoms with Crippen LogP contribution >= 0.6 is 0 Å². The first-order valence-electron chi connectivity index (χ1n) is 10.4. The molecule has 3 rings (SSSR count). The van der Waals surface area contributed by atoms with Crippen LogP contribution in [0.15, 0.2) is 53.4 Å². The predicted molar refractivity (Wildman–Crippen MR) is 123 cm³/mol. The van der Waals surface area contributed by atoms with Gasteiger partial charge in [-0.05, 0) is 72.2 Å². The van der Waals surface area contributed by atoms with Gasteiger partial charge in [0.05, 0.1) is 16.1 Å². The largest absolute Gasteiger partial charge is 0.496 e. The molecule has 1 aliphatic rings. The van der Waals surface area contributed by atoms with Crippen LogP contribution in [0.5, 0.6) is 5.75 Å². The Morgan fingerprint density at radius 1 is 0.968 bits per heavy atom. The van der Waals surface area contributed by atoms with Crippen molar-refractivity contribution in [2.75, 3.05) is 0 Å². The van der Waals surface area contributed by atoms with Crippen molar-refractivity contribution in [3.63, 3.8) is 0 Å². The predicted octanol–water partition coefficient (Wildman–Crippen LogP) is 3.64. The lowest BCUT2D eigenvalue weighted by Gasteiger charge is -2.32. The summed E-state index contributed by atoms with van der Waals surface area (Å²) in [4.78, 5) is 0.119. The lowest BCUT2D eigenvalue weighted by Crippen LogP contribution is -2.45. The molecule has 0 amide bonds. The van der Waals surface area contributed by atoms with Crippen LogP contribution in [-0.2, 0) is 25.9 Å². The van der Waals surface area contributed by atoms with Crippen molar-refractivity contribution in [2.24, 2.45) is 0 Å². The van der Waals surface area contributed by atoms with Crippen molar-refractivity contribution in [3.05, 3.63) is 54.1 Å². The first-order chi connectivity index (χ1) is 14.2. The van der Waals surface area contributed by atoms with E-state index in [2.05, 4.69) is 4.72 Å². The smallest absolute Gasteiger partial charge is 0.489 e. The molecule has 0 unspecified atom stereocenters. The summed E-state index contributed by atoms with van der Waals surface area (Å²) >= 11 is 0. The molecule has 0 spiro atoms. The number of rotatable bonds is 6. The van der Waals surface area contributed by atoms with Gasteiger partial charge in [0.1, 0.15) is 12.4 Å². The van der Waals surface area contributed by atoms with E-state index in [0.717, 1.165) is 5.56 Å². The van der Waals surface area contributed by atoms with Crippen LogP contribution in [0.1, 0.15) is 54.0 Å². The van der Waals surface area contributed by atoms with Crippen molar-refractivity contribution in [2.45, 2.75) is 76.7 Å². The van der Waals surface area contributed by atoms with Crippen LogP contribution in [-0.4, -0.2) is 32.3 Å². The maximum Gasteiger partial charge on any atom is 0.496 e. The zero-order chi connectivity index (χ0) is 23.1. The minimum absolute atomic E-state index is 0.119. The molecule has 168 valence electrons. The summed E-state index contributed by atoms with van der Waals surface area (Å²) in [5.74, 6) is 0.545. The van der Waals surface area contributed by atoms with Crippen LogP contribution < -0.4 is 14.9 Å². The molecule has 2 aromatic carbocycles. The van der Waals surface area contributed by atoms with E-state index in [4.69, 9.17) is 14.0 Å². The first-order valence-corrected chi connectivity index (χ1v) is 11.9. The molecule has 0 atom stereocenters. The van der Waals surface area contributed by atoms with Crippen molar-refractivity contribution >= 4 is 22.6 Å². The van der Waals surface area contributed by atoms with Gasteiger partial charge in [0.2, 0.25) is 10.0 Å². The minimum Gasteiger partial charge on any atom is -0.489 e. The molecule has 0 saturated carbocycles. The van der Waals surface area contributed by atoms with Crippen molar-refractivity contribution < 1.29 is 22.5 Å². The molecule has 0 bridgehead atoms. The molecule has 0 aromatic heterocycles. The fourth-order valence-electron chi connectivity index (χ4n) is 3.21. The molecule has 31 heavy (non-hydrogen) atoms. The number of hydrogen-bond donors (Lipinski definition) is 1. The normalized spacial score (nSPS) is 18.2. The van der Waals surface area contributed by atoms with Crippen LogP contribution in [0.2, 0.25) is 0 Å². The van der Waals surface area contributed by atoms with Crippen LogP contribution in [0.3, 0.4) is 0 Å². The van der Waals surface area contributed by atoms with Gasteiger partial charge in [-0.3, -0.25) is 0 Å². The van der Waals surface area contributed by atoms with E-state index in [1.54, 1.807) is 39.0 Å². The maximum atomic E-state index is 13.2. The molecule has 0 radical (unpaired) electrons. The average Bonchev–Trinajstić information content (AvgIpc) is 2.86. The van der Waals surface area contributed by atoms with Crippen molar-refractivity contribution in [3.8, 4) is 5.75 Å². The second kappa shape index (κ2) is 8.24. The van der Waals surface area contributed by atoms with Gasteiger partial charge in [0.25, 0.3) is 0 Å². The molecule has 1 aliphatic heterocycles. The van der Waals surface area contributed by atoms with Crippen LogP contribution in [0.25, 0.3) is 0 Å². The van der Waals surface area contributed by atoms with E-state index in [0.29, 0.717) is 17.8 Å². The Morgan fingerprint density at radius 3 is 2.10 bits per heavy atom. The molecule has 1 N–H and O–H groups in total. The van der Waals surface area contributed by atoms with E-state index in [9.17, 15) is 8.42 Å². The molecular formula is C23H32BNO5S. The van der Waals surface area contributed by atoms with Gasteiger partial charge in [-0.2, -0.15) is 0 Å². The second-order valence-corrected chi connectivity index (χ2v) is 11.6. The van der Waals surface area contributed by atoms with E-state index < -0.39 is 33.9 Å². The minimum atomic E-state index is -3.81. The van der Waals surface area contributed by atoms with E-state index >= 15 is 0 Å². The highest BCUT2D eigenvalue weighted by molar-refractivity contribution is 7.89. The maximum absolute atomic E-state index is 13.2. The molecular weight excluding hydrogens is 413 g/mol. The number of hydrogen-bond acceptors (Lipinski definition) is 5. The molecule has 2 aromatic rings. The quantitative estimate of drug-likeness (QED) is 0.688. The Balaban J connectivity index is 1.99. The van der Waals surface area contributed by atoms with E-state index in [-0.39, 0.29) is 4.90 Å². The van der Waals surface area contributed by atoms with Gasteiger partial charge < -0.3 is 14.0 Å². The lowest BCUT2D eigenvalue weighted by molar-refractivity contribution is 0.00578. The van der Waals surface area contributed by atoms with Gasteiger partial charge in [0.15, 0.2) is 0 Å². The highest BCUT2D eigenvalue weighted by Gasteiger charge is 2.53.